The molecule has 140 valence electrons. The summed E-state index contributed by atoms with van der Waals surface area (Å²) in [6, 6.07) is 15.0. The molecule has 27 heavy (non-hydrogen) atoms. The Kier molecular flexibility index (Phi) is 6.32. The minimum absolute atomic E-state index is 0.104. The van der Waals surface area contributed by atoms with Crippen molar-refractivity contribution in [2.24, 2.45) is 0 Å². The number of rotatable bonds is 8. The standard InChI is InChI=1S/C21H22N2O3S/c1-2-10-27-21-22-12-17(14-24)23(21)13-15-8-9-18(19(11-15)20(25)26)16-6-4-3-5-7-16/h3-9,11-12,24H,2,10,13-14H2,1H3,(H,25,26). The molecule has 0 radical (unpaired) electrons. The van der Waals surface area contributed by atoms with Crippen molar-refractivity contribution >= 4 is 17.7 Å². The van der Waals surface area contributed by atoms with E-state index in [4.69, 9.17) is 0 Å². The van der Waals surface area contributed by atoms with Gasteiger partial charge in [0.2, 0.25) is 0 Å². The number of aliphatic hydroxyl groups is 1. The van der Waals surface area contributed by atoms with Gasteiger partial charge >= 0.3 is 5.97 Å². The molecule has 6 heteroatoms. The fraction of sp³-hybridized carbons (Fsp3) is 0.238. The minimum Gasteiger partial charge on any atom is -0.478 e. The van der Waals surface area contributed by atoms with Crippen LogP contribution in [0.4, 0.5) is 0 Å². The van der Waals surface area contributed by atoms with Crippen molar-refractivity contribution in [3.05, 3.63) is 71.5 Å². The van der Waals surface area contributed by atoms with Crippen molar-refractivity contribution in [1.29, 1.82) is 0 Å². The highest BCUT2D eigenvalue weighted by atomic mass is 32.2. The summed E-state index contributed by atoms with van der Waals surface area (Å²) >= 11 is 1.64. The number of carboxylic acid groups (broad SMARTS) is 1. The first kappa shape index (κ1) is 19.2. The van der Waals surface area contributed by atoms with Crippen molar-refractivity contribution < 1.29 is 15.0 Å². The lowest BCUT2D eigenvalue weighted by molar-refractivity contribution is 0.0697. The third-order valence-corrected chi connectivity index (χ3v) is 5.44. The van der Waals surface area contributed by atoms with E-state index < -0.39 is 5.97 Å². The summed E-state index contributed by atoms with van der Waals surface area (Å²) in [6.07, 6.45) is 2.70. The minimum atomic E-state index is -0.954. The molecule has 5 nitrogen and oxygen atoms in total. The number of thioether (sulfide) groups is 1. The van der Waals surface area contributed by atoms with Crippen molar-refractivity contribution in [3.8, 4) is 11.1 Å². The van der Waals surface area contributed by atoms with Crippen LogP contribution in [0.3, 0.4) is 0 Å². The Bertz CT molecular complexity index is 922. The lowest BCUT2D eigenvalue weighted by Crippen LogP contribution is -2.08. The maximum Gasteiger partial charge on any atom is 0.336 e. The lowest BCUT2D eigenvalue weighted by atomic mass is 9.97. The second-order valence-electron chi connectivity index (χ2n) is 6.18. The number of carboxylic acids is 1. The predicted octanol–water partition coefficient (Wildman–Crippen LogP) is 4.29. The Morgan fingerprint density at radius 1 is 1.19 bits per heavy atom. The summed E-state index contributed by atoms with van der Waals surface area (Å²) in [4.78, 5) is 16.2. The second-order valence-corrected chi connectivity index (χ2v) is 7.24. The molecule has 0 atom stereocenters. The van der Waals surface area contributed by atoms with Crippen LogP contribution < -0.4 is 0 Å². The van der Waals surface area contributed by atoms with Crippen LogP contribution in [-0.2, 0) is 13.2 Å². The van der Waals surface area contributed by atoms with Crippen LogP contribution >= 0.6 is 11.8 Å². The van der Waals surface area contributed by atoms with E-state index in [1.165, 1.54) is 0 Å². The molecule has 0 fully saturated rings. The molecule has 2 aromatic carbocycles. The van der Waals surface area contributed by atoms with Crippen LogP contribution in [0.5, 0.6) is 0 Å². The van der Waals surface area contributed by atoms with E-state index in [0.717, 1.165) is 34.2 Å². The van der Waals surface area contributed by atoms with Gasteiger partial charge in [-0.3, -0.25) is 0 Å². The predicted molar refractivity (Wildman–Crippen MR) is 107 cm³/mol. The first-order chi connectivity index (χ1) is 13.1. The summed E-state index contributed by atoms with van der Waals surface area (Å²) in [6.45, 7) is 2.47. The van der Waals surface area contributed by atoms with E-state index in [2.05, 4.69) is 11.9 Å². The van der Waals surface area contributed by atoms with E-state index in [0.29, 0.717) is 12.1 Å². The Labute approximate surface area is 162 Å². The van der Waals surface area contributed by atoms with Gasteiger partial charge in [-0.25, -0.2) is 9.78 Å². The molecule has 0 aliphatic carbocycles. The molecule has 3 rings (SSSR count). The highest BCUT2D eigenvalue weighted by Crippen LogP contribution is 2.27. The number of aromatic carboxylic acids is 1. The summed E-state index contributed by atoms with van der Waals surface area (Å²) in [5.74, 6) is -0.0147. The van der Waals surface area contributed by atoms with Gasteiger partial charge in [0.15, 0.2) is 5.16 Å². The Hall–Kier alpha value is -2.57. The number of benzene rings is 2. The average molecular weight is 382 g/mol. The zero-order valence-corrected chi connectivity index (χ0v) is 15.9. The maximum atomic E-state index is 11.8. The van der Waals surface area contributed by atoms with Gasteiger partial charge < -0.3 is 14.8 Å². The van der Waals surface area contributed by atoms with Crippen LogP contribution in [-0.4, -0.2) is 31.5 Å². The van der Waals surface area contributed by atoms with Crippen LogP contribution in [0.25, 0.3) is 11.1 Å². The van der Waals surface area contributed by atoms with E-state index in [-0.39, 0.29) is 12.2 Å². The molecular formula is C21H22N2O3S. The van der Waals surface area contributed by atoms with E-state index in [1.807, 2.05) is 47.0 Å². The first-order valence-electron chi connectivity index (χ1n) is 8.83. The maximum absolute atomic E-state index is 11.8. The number of aromatic nitrogens is 2. The van der Waals surface area contributed by atoms with Crippen molar-refractivity contribution in [1.82, 2.24) is 9.55 Å². The SMILES string of the molecule is CCCSc1ncc(CO)n1Cc1ccc(-c2ccccc2)c(C(=O)O)c1. The Morgan fingerprint density at radius 3 is 2.63 bits per heavy atom. The van der Waals surface area contributed by atoms with Gasteiger partial charge in [0, 0.05) is 12.3 Å². The van der Waals surface area contributed by atoms with Crippen LogP contribution in [0.1, 0.15) is 35.0 Å². The number of hydrogen-bond acceptors (Lipinski definition) is 4. The molecule has 1 aromatic heterocycles. The van der Waals surface area contributed by atoms with Gasteiger partial charge in [-0.1, -0.05) is 61.2 Å². The Morgan fingerprint density at radius 2 is 1.96 bits per heavy atom. The highest BCUT2D eigenvalue weighted by molar-refractivity contribution is 7.99. The molecular weight excluding hydrogens is 360 g/mol. The van der Waals surface area contributed by atoms with E-state index >= 15 is 0 Å². The fourth-order valence-electron chi connectivity index (χ4n) is 2.91. The summed E-state index contributed by atoms with van der Waals surface area (Å²) in [5, 5.41) is 20.1. The van der Waals surface area contributed by atoms with Crippen LogP contribution in [0.2, 0.25) is 0 Å². The summed E-state index contributed by atoms with van der Waals surface area (Å²) in [5.41, 5.74) is 3.42. The molecule has 0 saturated carbocycles. The molecule has 3 aromatic rings. The first-order valence-corrected chi connectivity index (χ1v) is 9.82. The van der Waals surface area contributed by atoms with Crippen molar-refractivity contribution in [2.75, 3.05) is 5.75 Å². The number of carbonyl (C=O) groups is 1. The molecule has 0 aliphatic heterocycles. The topological polar surface area (TPSA) is 75.4 Å². The van der Waals surface area contributed by atoms with Crippen LogP contribution in [0.15, 0.2) is 59.9 Å². The molecule has 1 heterocycles. The second kappa shape index (κ2) is 8.88. The van der Waals surface area contributed by atoms with Gasteiger partial charge in [-0.15, -0.1) is 0 Å². The molecule has 0 spiro atoms. The van der Waals surface area contributed by atoms with E-state index in [1.54, 1.807) is 24.0 Å². The number of imidazole rings is 1. The molecule has 0 unspecified atom stereocenters. The molecule has 0 saturated heterocycles. The van der Waals surface area contributed by atoms with Gasteiger partial charge in [-0.2, -0.15) is 0 Å². The van der Waals surface area contributed by atoms with Crippen molar-refractivity contribution in [2.45, 2.75) is 31.7 Å². The van der Waals surface area contributed by atoms with Gasteiger partial charge in [0.25, 0.3) is 0 Å². The van der Waals surface area contributed by atoms with Gasteiger partial charge in [0.05, 0.1) is 24.1 Å². The van der Waals surface area contributed by atoms with E-state index in [9.17, 15) is 15.0 Å². The molecule has 2 N–H and O–H groups in total. The zero-order chi connectivity index (χ0) is 19.2. The molecule has 0 amide bonds. The normalized spacial score (nSPS) is 10.9. The largest absolute Gasteiger partial charge is 0.478 e. The smallest absolute Gasteiger partial charge is 0.336 e. The highest BCUT2D eigenvalue weighted by Gasteiger charge is 2.15. The lowest BCUT2D eigenvalue weighted by Gasteiger charge is -2.13. The zero-order valence-electron chi connectivity index (χ0n) is 15.1. The number of aliphatic hydroxyl groups excluding tert-OH is 1. The third kappa shape index (κ3) is 4.40. The summed E-state index contributed by atoms with van der Waals surface area (Å²) in [7, 11) is 0. The monoisotopic (exact) mass is 382 g/mol. The third-order valence-electron chi connectivity index (χ3n) is 4.24. The summed E-state index contributed by atoms with van der Waals surface area (Å²) < 4.78 is 1.95. The van der Waals surface area contributed by atoms with Gasteiger partial charge in [0.1, 0.15) is 0 Å². The number of hydrogen-bond donors (Lipinski definition) is 2. The average Bonchev–Trinajstić information content (AvgIpc) is 3.08. The Balaban J connectivity index is 1.96. The molecule has 0 bridgehead atoms. The molecule has 0 aliphatic rings. The number of nitrogens with zero attached hydrogens (tertiary/aromatic N) is 2. The fourth-order valence-corrected chi connectivity index (χ4v) is 3.77. The quantitative estimate of drug-likeness (QED) is 0.569. The van der Waals surface area contributed by atoms with Gasteiger partial charge in [-0.05, 0) is 29.2 Å². The van der Waals surface area contributed by atoms with Crippen molar-refractivity contribution in [3.63, 3.8) is 0 Å². The van der Waals surface area contributed by atoms with Crippen LogP contribution in [0, 0.1) is 0 Å².